The summed E-state index contributed by atoms with van der Waals surface area (Å²) in [6.45, 7) is 2.06. The van der Waals surface area contributed by atoms with Crippen molar-refractivity contribution >= 4 is 17.2 Å². The lowest BCUT2D eigenvalue weighted by Crippen LogP contribution is -2.23. The molecule has 0 radical (unpaired) electrons. The third-order valence-corrected chi connectivity index (χ3v) is 3.93. The minimum absolute atomic E-state index is 0.268. The van der Waals surface area contributed by atoms with E-state index < -0.39 is 5.82 Å². The molecule has 0 saturated carbocycles. The van der Waals surface area contributed by atoms with Crippen molar-refractivity contribution in [3.63, 3.8) is 0 Å². The number of amides is 1. The van der Waals surface area contributed by atoms with Gasteiger partial charge in [-0.25, -0.2) is 4.39 Å². The molecule has 3 nitrogen and oxygen atoms in total. The zero-order valence-electron chi connectivity index (χ0n) is 11.4. The number of nitrogens with one attached hydrogen (secondary N) is 1. The second-order valence-electron chi connectivity index (χ2n) is 4.36. The Kier molecular flexibility index (Phi) is 5.09. The third-order valence-electron chi connectivity index (χ3n) is 2.91. The van der Waals surface area contributed by atoms with Gasteiger partial charge in [0, 0.05) is 10.4 Å². The highest BCUT2D eigenvalue weighted by Gasteiger charge is 2.11. The number of aliphatic hydroxyl groups excluding tert-OH is 1. The molecule has 0 atom stereocenters. The molecule has 0 aliphatic carbocycles. The standard InChI is InChI=1S/C16H14FNO2S/c1-11-6-8-21-15(11)10-18-16(20)14-5-4-13(17)9-12(14)3-2-7-19/h4-6,8-9,19H,7,10H2,1H3,(H,18,20). The average Bonchev–Trinajstić information content (AvgIpc) is 2.88. The van der Waals surface area contributed by atoms with Crippen LogP contribution in [0.3, 0.4) is 0 Å². The molecule has 0 aliphatic heterocycles. The monoisotopic (exact) mass is 303 g/mol. The number of carbonyl (C=O) groups is 1. The van der Waals surface area contributed by atoms with Gasteiger partial charge in [-0.05, 0) is 42.1 Å². The average molecular weight is 303 g/mol. The van der Waals surface area contributed by atoms with Gasteiger partial charge in [0.2, 0.25) is 0 Å². The van der Waals surface area contributed by atoms with E-state index in [0.29, 0.717) is 12.1 Å². The summed E-state index contributed by atoms with van der Waals surface area (Å²) in [7, 11) is 0. The molecule has 5 heteroatoms. The van der Waals surface area contributed by atoms with Gasteiger partial charge in [0.15, 0.2) is 0 Å². The molecule has 2 aromatic rings. The number of rotatable bonds is 3. The van der Waals surface area contributed by atoms with Crippen molar-refractivity contribution in [2.24, 2.45) is 0 Å². The van der Waals surface area contributed by atoms with Gasteiger partial charge in [-0.15, -0.1) is 11.3 Å². The molecule has 0 aliphatic rings. The third kappa shape index (κ3) is 3.91. The Morgan fingerprint density at radius 1 is 1.43 bits per heavy atom. The van der Waals surface area contributed by atoms with Crippen molar-refractivity contribution < 1.29 is 14.3 Å². The Labute approximate surface area is 126 Å². The number of halogens is 1. The van der Waals surface area contributed by atoms with Crippen LogP contribution in [0.4, 0.5) is 4.39 Å². The van der Waals surface area contributed by atoms with Gasteiger partial charge < -0.3 is 10.4 Å². The van der Waals surface area contributed by atoms with E-state index in [9.17, 15) is 9.18 Å². The largest absolute Gasteiger partial charge is 0.384 e. The first-order chi connectivity index (χ1) is 10.1. The predicted octanol–water partition coefficient (Wildman–Crippen LogP) is 2.47. The summed E-state index contributed by atoms with van der Waals surface area (Å²) in [6.07, 6.45) is 0. The fraction of sp³-hybridized carbons (Fsp3) is 0.188. The van der Waals surface area contributed by atoms with Crippen LogP contribution in [0, 0.1) is 24.6 Å². The molecule has 21 heavy (non-hydrogen) atoms. The van der Waals surface area contributed by atoms with Crippen LogP contribution in [0.5, 0.6) is 0 Å². The molecule has 108 valence electrons. The van der Waals surface area contributed by atoms with Crippen molar-refractivity contribution in [3.8, 4) is 11.8 Å². The maximum Gasteiger partial charge on any atom is 0.252 e. The van der Waals surface area contributed by atoms with Crippen molar-refractivity contribution in [3.05, 3.63) is 57.0 Å². The lowest BCUT2D eigenvalue weighted by atomic mass is 10.1. The Bertz CT molecular complexity index is 713. The van der Waals surface area contributed by atoms with E-state index in [0.717, 1.165) is 10.4 Å². The topological polar surface area (TPSA) is 49.3 Å². The van der Waals surface area contributed by atoms with E-state index in [-0.39, 0.29) is 18.1 Å². The summed E-state index contributed by atoms with van der Waals surface area (Å²) in [5.74, 6) is 4.23. The van der Waals surface area contributed by atoms with Crippen LogP contribution >= 0.6 is 11.3 Å². The smallest absolute Gasteiger partial charge is 0.252 e. The lowest BCUT2D eigenvalue weighted by molar-refractivity contribution is 0.0951. The van der Waals surface area contributed by atoms with Crippen molar-refractivity contribution in [1.82, 2.24) is 5.32 Å². The SMILES string of the molecule is Cc1ccsc1CNC(=O)c1ccc(F)cc1C#CCO. The number of aryl methyl sites for hydroxylation is 1. The maximum absolute atomic E-state index is 13.2. The highest BCUT2D eigenvalue weighted by atomic mass is 32.1. The highest BCUT2D eigenvalue weighted by molar-refractivity contribution is 7.10. The molecule has 2 N–H and O–H groups in total. The van der Waals surface area contributed by atoms with Crippen LogP contribution in [-0.2, 0) is 6.54 Å². The minimum atomic E-state index is -0.470. The molecule has 0 fully saturated rings. The van der Waals surface area contributed by atoms with Gasteiger partial charge in [0.1, 0.15) is 12.4 Å². The Balaban J connectivity index is 2.17. The van der Waals surface area contributed by atoms with E-state index >= 15 is 0 Å². The second-order valence-corrected chi connectivity index (χ2v) is 5.36. The second kappa shape index (κ2) is 7.02. The zero-order valence-corrected chi connectivity index (χ0v) is 12.3. The predicted molar refractivity (Wildman–Crippen MR) is 80.6 cm³/mol. The number of thiophene rings is 1. The summed E-state index contributed by atoms with van der Waals surface area (Å²) >= 11 is 1.57. The molecule has 1 amide bonds. The van der Waals surface area contributed by atoms with Gasteiger partial charge in [0.05, 0.1) is 12.1 Å². The Morgan fingerprint density at radius 3 is 2.90 bits per heavy atom. The Hall–Kier alpha value is -2.16. The van der Waals surface area contributed by atoms with Crippen molar-refractivity contribution in [1.29, 1.82) is 0 Å². The zero-order chi connectivity index (χ0) is 15.2. The summed E-state index contributed by atoms with van der Waals surface area (Å²) < 4.78 is 13.2. The number of carbonyl (C=O) groups excluding carboxylic acids is 1. The first kappa shape index (κ1) is 15.2. The van der Waals surface area contributed by atoms with Crippen molar-refractivity contribution in [2.45, 2.75) is 13.5 Å². The first-order valence-corrected chi connectivity index (χ1v) is 7.20. The molecule has 0 bridgehead atoms. The Morgan fingerprint density at radius 2 is 2.24 bits per heavy atom. The van der Waals surface area contributed by atoms with E-state index in [2.05, 4.69) is 17.2 Å². The molecular weight excluding hydrogens is 289 g/mol. The lowest BCUT2D eigenvalue weighted by Gasteiger charge is -2.07. The van der Waals surface area contributed by atoms with Gasteiger partial charge in [-0.2, -0.15) is 0 Å². The summed E-state index contributed by atoms with van der Waals surface area (Å²) in [4.78, 5) is 13.3. The van der Waals surface area contributed by atoms with Gasteiger partial charge >= 0.3 is 0 Å². The van der Waals surface area contributed by atoms with Crippen molar-refractivity contribution in [2.75, 3.05) is 6.61 Å². The molecule has 2 rings (SSSR count). The number of benzene rings is 1. The molecule has 0 spiro atoms. The summed E-state index contributed by atoms with van der Waals surface area (Å²) in [5.41, 5.74) is 1.69. The maximum atomic E-state index is 13.2. The van der Waals surface area contributed by atoms with Crippen LogP contribution in [0.25, 0.3) is 0 Å². The van der Waals surface area contributed by atoms with E-state index in [4.69, 9.17) is 5.11 Å². The fourth-order valence-corrected chi connectivity index (χ4v) is 2.64. The summed E-state index contributed by atoms with van der Waals surface area (Å²) in [6, 6.07) is 5.79. The fourth-order valence-electron chi connectivity index (χ4n) is 1.79. The van der Waals surface area contributed by atoms with Gasteiger partial charge in [-0.3, -0.25) is 4.79 Å². The van der Waals surface area contributed by atoms with Gasteiger partial charge in [-0.1, -0.05) is 11.8 Å². The molecule has 0 saturated heterocycles. The molecule has 1 heterocycles. The van der Waals surface area contributed by atoms with E-state index in [1.807, 2.05) is 18.4 Å². The number of hydrogen-bond donors (Lipinski definition) is 2. The van der Waals surface area contributed by atoms with Gasteiger partial charge in [0.25, 0.3) is 5.91 Å². The highest BCUT2D eigenvalue weighted by Crippen LogP contribution is 2.16. The first-order valence-electron chi connectivity index (χ1n) is 6.32. The van der Waals surface area contributed by atoms with E-state index in [1.165, 1.54) is 18.2 Å². The molecule has 1 aromatic carbocycles. The molecule has 1 aromatic heterocycles. The quantitative estimate of drug-likeness (QED) is 0.856. The normalized spacial score (nSPS) is 9.86. The van der Waals surface area contributed by atoms with Crippen LogP contribution in [-0.4, -0.2) is 17.6 Å². The van der Waals surface area contributed by atoms with E-state index in [1.54, 1.807) is 11.3 Å². The molecular formula is C16H14FNO2S. The number of hydrogen-bond acceptors (Lipinski definition) is 3. The van der Waals surface area contributed by atoms with Crippen LogP contribution < -0.4 is 5.32 Å². The number of aliphatic hydroxyl groups is 1. The molecule has 0 unspecified atom stereocenters. The minimum Gasteiger partial charge on any atom is -0.384 e. The summed E-state index contributed by atoms with van der Waals surface area (Å²) in [5, 5.41) is 13.5. The van der Waals surface area contributed by atoms with Crippen LogP contribution in [0.2, 0.25) is 0 Å². The van der Waals surface area contributed by atoms with Crippen LogP contribution in [0.15, 0.2) is 29.6 Å². The van der Waals surface area contributed by atoms with Crippen LogP contribution in [0.1, 0.15) is 26.4 Å².